The number of carbonyl (C=O) groups excluding carboxylic acids is 1. The van der Waals surface area contributed by atoms with Gasteiger partial charge in [-0.2, -0.15) is 0 Å². The number of hydrogen-bond donors (Lipinski definition) is 1. The highest BCUT2D eigenvalue weighted by Crippen LogP contribution is 2.24. The van der Waals surface area contributed by atoms with E-state index >= 15 is 0 Å². The molecule has 5 nitrogen and oxygen atoms in total. The average molecular weight is 384 g/mol. The van der Waals surface area contributed by atoms with E-state index in [4.69, 9.17) is 9.84 Å². The third-order valence-electron chi connectivity index (χ3n) is 4.05. The van der Waals surface area contributed by atoms with Crippen LogP contribution >= 0.6 is 15.9 Å². The Labute approximate surface area is 144 Å². The number of ether oxygens (including phenoxy) is 1. The fraction of sp³-hybridized carbons (Fsp3) is 0.529. The van der Waals surface area contributed by atoms with Crippen molar-refractivity contribution in [1.29, 1.82) is 0 Å². The van der Waals surface area contributed by atoms with E-state index in [1.54, 1.807) is 0 Å². The molecule has 0 saturated carbocycles. The van der Waals surface area contributed by atoms with Crippen LogP contribution in [0.4, 0.5) is 0 Å². The van der Waals surface area contributed by atoms with Crippen LogP contribution < -0.4 is 4.74 Å². The van der Waals surface area contributed by atoms with Crippen molar-refractivity contribution in [3.8, 4) is 5.75 Å². The van der Waals surface area contributed by atoms with Crippen molar-refractivity contribution in [3.63, 3.8) is 0 Å². The predicted molar refractivity (Wildman–Crippen MR) is 90.4 cm³/mol. The van der Waals surface area contributed by atoms with E-state index in [0.717, 1.165) is 29.6 Å². The van der Waals surface area contributed by atoms with Crippen molar-refractivity contribution in [2.45, 2.75) is 32.1 Å². The van der Waals surface area contributed by atoms with Gasteiger partial charge < -0.3 is 14.7 Å². The number of carbonyl (C=O) groups is 2. The monoisotopic (exact) mass is 383 g/mol. The standard InChI is InChI=1S/C17H22BrNO4/c18-14-5-1-2-6-15(14)23-11-9-16(20)19-10-3-4-13(12-19)7-8-17(21)22/h1-2,5-6,13H,3-4,7-12H2,(H,21,22). The molecular weight excluding hydrogens is 362 g/mol. The minimum atomic E-state index is -0.768. The normalized spacial score (nSPS) is 17.8. The number of hydrogen-bond acceptors (Lipinski definition) is 3. The van der Waals surface area contributed by atoms with E-state index in [9.17, 15) is 9.59 Å². The van der Waals surface area contributed by atoms with Gasteiger partial charge in [-0.3, -0.25) is 9.59 Å². The lowest BCUT2D eigenvalue weighted by Gasteiger charge is -2.32. The molecule has 0 aromatic heterocycles. The second kappa shape index (κ2) is 8.91. The lowest BCUT2D eigenvalue weighted by Crippen LogP contribution is -2.40. The maximum absolute atomic E-state index is 12.3. The van der Waals surface area contributed by atoms with Crippen LogP contribution in [0.1, 0.15) is 32.1 Å². The minimum Gasteiger partial charge on any atom is -0.492 e. The number of likely N-dealkylation sites (tertiary alicyclic amines) is 1. The lowest BCUT2D eigenvalue weighted by atomic mass is 9.93. The fourth-order valence-electron chi connectivity index (χ4n) is 2.82. The van der Waals surface area contributed by atoms with Crippen LogP contribution in [0.5, 0.6) is 5.75 Å². The van der Waals surface area contributed by atoms with Crippen LogP contribution in [0, 0.1) is 5.92 Å². The zero-order chi connectivity index (χ0) is 16.7. The molecular formula is C17H22BrNO4. The summed E-state index contributed by atoms with van der Waals surface area (Å²) in [6, 6.07) is 7.55. The van der Waals surface area contributed by atoms with Crippen LogP contribution in [-0.2, 0) is 9.59 Å². The average Bonchev–Trinajstić information content (AvgIpc) is 2.55. The topological polar surface area (TPSA) is 66.8 Å². The molecule has 1 aliphatic rings. The molecule has 23 heavy (non-hydrogen) atoms. The molecule has 0 radical (unpaired) electrons. The first-order valence-electron chi connectivity index (χ1n) is 7.93. The number of nitrogens with zero attached hydrogens (tertiary/aromatic N) is 1. The Hall–Kier alpha value is -1.56. The van der Waals surface area contributed by atoms with Crippen molar-refractivity contribution >= 4 is 27.8 Å². The van der Waals surface area contributed by atoms with Gasteiger partial charge in [0.15, 0.2) is 0 Å². The van der Waals surface area contributed by atoms with Crippen LogP contribution in [0.25, 0.3) is 0 Å². The highest BCUT2D eigenvalue weighted by Gasteiger charge is 2.23. The molecule has 126 valence electrons. The molecule has 6 heteroatoms. The fourth-order valence-corrected chi connectivity index (χ4v) is 3.22. The van der Waals surface area contributed by atoms with Gasteiger partial charge in [-0.05, 0) is 53.2 Å². The van der Waals surface area contributed by atoms with Crippen molar-refractivity contribution < 1.29 is 19.4 Å². The Bertz CT molecular complexity index is 549. The van der Waals surface area contributed by atoms with E-state index in [1.807, 2.05) is 29.2 Å². The number of amides is 1. The Morgan fingerprint density at radius 2 is 2.09 bits per heavy atom. The Balaban J connectivity index is 1.74. The van der Waals surface area contributed by atoms with E-state index < -0.39 is 5.97 Å². The highest BCUT2D eigenvalue weighted by atomic mass is 79.9. The quantitative estimate of drug-likeness (QED) is 0.783. The summed E-state index contributed by atoms with van der Waals surface area (Å²) in [7, 11) is 0. The van der Waals surface area contributed by atoms with Crippen molar-refractivity contribution in [2.24, 2.45) is 5.92 Å². The molecule has 1 aromatic rings. The van der Waals surface area contributed by atoms with Crippen molar-refractivity contribution in [2.75, 3.05) is 19.7 Å². The molecule has 0 aliphatic carbocycles. The Kier molecular flexibility index (Phi) is 6.89. The number of benzene rings is 1. The van der Waals surface area contributed by atoms with Gasteiger partial charge in [0.25, 0.3) is 0 Å². The molecule has 1 amide bonds. The lowest BCUT2D eigenvalue weighted by molar-refractivity contribution is -0.137. The number of carboxylic acids is 1. The molecule has 1 saturated heterocycles. The summed E-state index contributed by atoms with van der Waals surface area (Å²) in [5.41, 5.74) is 0. The van der Waals surface area contributed by atoms with Gasteiger partial charge in [0, 0.05) is 19.5 Å². The van der Waals surface area contributed by atoms with Gasteiger partial charge in [0.05, 0.1) is 17.5 Å². The SMILES string of the molecule is O=C(O)CCC1CCCN(C(=O)CCOc2ccccc2Br)C1. The van der Waals surface area contributed by atoms with Crippen LogP contribution in [0.3, 0.4) is 0 Å². The second-order valence-corrected chi connectivity index (χ2v) is 6.66. The number of para-hydroxylation sites is 1. The molecule has 1 fully saturated rings. The maximum atomic E-state index is 12.3. The summed E-state index contributed by atoms with van der Waals surface area (Å²) >= 11 is 3.41. The molecule has 1 aliphatic heterocycles. The summed E-state index contributed by atoms with van der Waals surface area (Å²) in [5, 5.41) is 8.77. The molecule has 0 bridgehead atoms. The molecule has 1 aromatic carbocycles. The van der Waals surface area contributed by atoms with Gasteiger partial charge in [0.2, 0.25) is 5.91 Å². The van der Waals surface area contributed by atoms with Gasteiger partial charge in [0.1, 0.15) is 5.75 Å². The smallest absolute Gasteiger partial charge is 0.303 e. The van der Waals surface area contributed by atoms with Gasteiger partial charge in [-0.25, -0.2) is 0 Å². The van der Waals surface area contributed by atoms with Gasteiger partial charge in [-0.1, -0.05) is 12.1 Å². The third-order valence-corrected chi connectivity index (χ3v) is 4.70. The largest absolute Gasteiger partial charge is 0.492 e. The van der Waals surface area contributed by atoms with Crippen molar-refractivity contribution in [1.82, 2.24) is 4.90 Å². The highest BCUT2D eigenvalue weighted by molar-refractivity contribution is 9.10. The van der Waals surface area contributed by atoms with Crippen molar-refractivity contribution in [3.05, 3.63) is 28.7 Å². The first kappa shape index (κ1) is 17.8. The molecule has 1 unspecified atom stereocenters. The number of halogens is 1. The molecule has 1 atom stereocenters. The van der Waals surface area contributed by atoms with Gasteiger partial charge >= 0.3 is 5.97 Å². The number of piperidine rings is 1. The molecule has 2 rings (SSSR count). The molecule has 1 N–H and O–H groups in total. The maximum Gasteiger partial charge on any atom is 0.303 e. The summed E-state index contributed by atoms with van der Waals surface area (Å²) in [4.78, 5) is 24.8. The summed E-state index contributed by atoms with van der Waals surface area (Å²) < 4.78 is 6.51. The summed E-state index contributed by atoms with van der Waals surface area (Å²) in [6.07, 6.45) is 3.11. The van der Waals surface area contributed by atoms with Gasteiger partial charge in [-0.15, -0.1) is 0 Å². The molecule has 1 heterocycles. The van der Waals surface area contributed by atoms with Crippen LogP contribution in [0.15, 0.2) is 28.7 Å². The Morgan fingerprint density at radius 3 is 2.83 bits per heavy atom. The first-order valence-corrected chi connectivity index (χ1v) is 8.72. The zero-order valence-corrected chi connectivity index (χ0v) is 14.6. The summed E-state index contributed by atoms with van der Waals surface area (Å²) in [5.74, 6) is 0.346. The zero-order valence-electron chi connectivity index (χ0n) is 13.0. The third kappa shape index (κ3) is 5.86. The number of rotatable bonds is 7. The van der Waals surface area contributed by atoms with Crippen LogP contribution in [0.2, 0.25) is 0 Å². The van der Waals surface area contributed by atoms with E-state index in [1.165, 1.54) is 0 Å². The number of carboxylic acid groups (broad SMARTS) is 1. The predicted octanol–water partition coefficient (Wildman–Crippen LogP) is 3.32. The van der Waals surface area contributed by atoms with E-state index in [0.29, 0.717) is 31.9 Å². The molecule has 0 spiro atoms. The number of aliphatic carboxylic acids is 1. The Morgan fingerprint density at radius 1 is 1.30 bits per heavy atom. The minimum absolute atomic E-state index is 0.0806. The second-order valence-electron chi connectivity index (χ2n) is 5.81. The summed E-state index contributed by atoms with van der Waals surface area (Å²) in [6.45, 7) is 1.77. The van der Waals surface area contributed by atoms with Crippen LogP contribution in [-0.4, -0.2) is 41.6 Å². The first-order chi connectivity index (χ1) is 11.1. The van der Waals surface area contributed by atoms with E-state index in [-0.39, 0.29) is 12.3 Å². The van der Waals surface area contributed by atoms with E-state index in [2.05, 4.69) is 15.9 Å².